The number of aromatic nitrogens is 1. The van der Waals surface area contributed by atoms with Crippen molar-refractivity contribution < 1.29 is 9.66 Å². The predicted octanol–water partition coefficient (Wildman–Crippen LogP) is 3.24. The lowest BCUT2D eigenvalue weighted by molar-refractivity contribution is -0.384. The second-order valence-corrected chi connectivity index (χ2v) is 4.54. The van der Waals surface area contributed by atoms with Crippen molar-refractivity contribution in [2.45, 2.75) is 33.6 Å². The van der Waals surface area contributed by atoms with Gasteiger partial charge in [-0.05, 0) is 19.3 Å². The van der Waals surface area contributed by atoms with Crippen LogP contribution in [0.2, 0.25) is 0 Å². The highest BCUT2D eigenvalue weighted by molar-refractivity contribution is 5.48. The number of anilines is 1. The Morgan fingerprint density at radius 3 is 2.79 bits per heavy atom. The molecule has 6 heteroatoms. The minimum atomic E-state index is -0.440. The highest BCUT2D eigenvalue weighted by Crippen LogP contribution is 2.22. The molecule has 106 valence electrons. The number of hydrogen-bond acceptors (Lipinski definition) is 5. The average molecular weight is 267 g/mol. The molecule has 1 heterocycles. The van der Waals surface area contributed by atoms with Gasteiger partial charge in [0.2, 0.25) is 5.88 Å². The van der Waals surface area contributed by atoms with E-state index in [0.29, 0.717) is 30.8 Å². The maximum absolute atomic E-state index is 10.8. The highest BCUT2D eigenvalue weighted by Gasteiger charge is 2.12. The van der Waals surface area contributed by atoms with Gasteiger partial charge in [-0.25, -0.2) is 0 Å². The largest absolute Gasteiger partial charge is 0.477 e. The van der Waals surface area contributed by atoms with Gasteiger partial charge in [-0.3, -0.25) is 10.1 Å². The van der Waals surface area contributed by atoms with Crippen molar-refractivity contribution >= 4 is 11.5 Å². The molecule has 0 fully saturated rings. The van der Waals surface area contributed by atoms with Crippen LogP contribution < -0.4 is 10.1 Å². The zero-order chi connectivity index (χ0) is 14.3. The van der Waals surface area contributed by atoms with E-state index in [9.17, 15) is 10.1 Å². The lowest BCUT2D eigenvalue weighted by Crippen LogP contribution is -2.10. The van der Waals surface area contributed by atoms with Crippen molar-refractivity contribution in [2.75, 3.05) is 18.5 Å². The lowest BCUT2D eigenvalue weighted by Gasteiger charge is -2.12. The second-order valence-electron chi connectivity index (χ2n) is 4.54. The first kappa shape index (κ1) is 15.2. The molecule has 0 spiro atoms. The van der Waals surface area contributed by atoms with E-state index in [1.54, 1.807) is 0 Å². The summed E-state index contributed by atoms with van der Waals surface area (Å²) in [5.74, 6) is 1.18. The van der Waals surface area contributed by atoms with Crippen molar-refractivity contribution in [1.82, 2.24) is 4.98 Å². The van der Waals surface area contributed by atoms with Gasteiger partial charge in [0.1, 0.15) is 5.82 Å². The minimum absolute atomic E-state index is 0.0101. The Bertz CT molecular complexity index is 424. The number of hydrogen-bond donors (Lipinski definition) is 1. The quantitative estimate of drug-likeness (QED) is 0.578. The van der Waals surface area contributed by atoms with E-state index < -0.39 is 4.92 Å². The smallest absolute Gasteiger partial charge is 0.278 e. The Kier molecular flexibility index (Phi) is 6.05. The van der Waals surface area contributed by atoms with Gasteiger partial charge in [-0.2, -0.15) is 4.98 Å². The first-order valence-electron chi connectivity index (χ1n) is 6.60. The molecule has 0 saturated heterocycles. The monoisotopic (exact) mass is 267 g/mol. The molecule has 0 bridgehead atoms. The van der Waals surface area contributed by atoms with E-state index >= 15 is 0 Å². The number of pyridine rings is 1. The molecule has 1 unspecified atom stereocenters. The van der Waals surface area contributed by atoms with E-state index in [2.05, 4.69) is 24.1 Å². The van der Waals surface area contributed by atoms with Crippen LogP contribution in [-0.2, 0) is 0 Å². The van der Waals surface area contributed by atoms with Crippen LogP contribution in [0.1, 0.15) is 33.6 Å². The van der Waals surface area contributed by atoms with E-state index in [4.69, 9.17) is 4.74 Å². The van der Waals surface area contributed by atoms with Crippen molar-refractivity contribution in [3.05, 3.63) is 22.2 Å². The number of nitrogens with zero attached hydrogens (tertiary/aromatic N) is 2. The van der Waals surface area contributed by atoms with Gasteiger partial charge < -0.3 is 10.1 Å². The third-order valence-corrected chi connectivity index (χ3v) is 2.65. The van der Waals surface area contributed by atoms with Crippen molar-refractivity contribution in [3.8, 4) is 5.88 Å². The minimum Gasteiger partial charge on any atom is -0.477 e. The SMILES string of the molecule is CCCC(C)COc1cc([N+](=O)[O-])cc(NCC)n1. The number of nitro groups is 1. The normalized spacial score (nSPS) is 11.9. The molecule has 1 aromatic rings. The van der Waals surface area contributed by atoms with Crippen LogP contribution >= 0.6 is 0 Å². The molecule has 1 N–H and O–H groups in total. The van der Waals surface area contributed by atoms with E-state index in [0.717, 1.165) is 12.8 Å². The molecular weight excluding hydrogens is 246 g/mol. The van der Waals surface area contributed by atoms with E-state index in [1.165, 1.54) is 12.1 Å². The maximum Gasteiger partial charge on any atom is 0.278 e. The summed E-state index contributed by atoms with van der Waals surface area (Å²) in [6.45, 7) is 7.29. The van der Waals surface area contributed by atoms with Gasteiger partial charge in [-0.15, -0.1) is 0 Å². The zero-order valence-corrected chi connectivity index (χ0v) is 11.7. The average Bonchev–Trinajstić information content (AvgIpc) is 2.37. The second kappa shape index (κ2) is 7.56. The molecule has 1 aromatic heterocycles. The maximum atomic E-state index is 10.8. The highest BCUT2D eigenvalue weighted by atomic mass is 16.6. The summed E-state index contributed by atoms with van der Waals surface area (Å²) in [7, 11) is 0. The van der Waals surface area contributed by atoms with Crippen LogP contribution in [0.5, 0.6) is 5.88 Å². The van der Waals surface area contributed by atoms with Crippen LogP contribution in [-0.4, -0.2) is 23.1 Å². The summed E-state index contributed by atoms with van der Waals surface area (Å²) < 4.78 is 5.54. The molecule has 0 saturated carbocycles. The molecular formula is C13H21N3O3. The van der Waals surface area contributed by atoms with Crippen LogP contribution in [0, 0.1) is 16.0 Å². The number of rotatable bonds is 8. The molecule has 6 nitrogen and oxygen atoms in total. The standard InChI is InChI=1S/C13H21N3O3/c1-4-6-10(3)9-19-13-8-11(16(17)18)7-12(15-13)14-5-2/h7-8,10H,4-6,9H2,1-3H3,(H,14,15). The topological polar surface area (TPSA) is 77.3 Å². The molecule has 0 aromatic carbocycles. The molecule has 0 aliphatic rings. The van der Waals surface area contributed by atoms with Crippen LogP contribution in [0.3, 0.4) is 0 Å². The zero-order valence-electron chi connectivity index (χ0n) is 11.7. The van der Waals surface area contributed by atoms with Gasteiger partial charge >= 0.3 is 0 Å². The van der Waals surface area contributed by atoms with Crippen LogP contribution in [0.15, 0.2) is 12.1 Å². The summed E-state index contributed by atoms with van der Waals surface area (Å²) in [6, 6.07) is 2.77. The van der Waals surface area contributed by atoms with Crippen LogP contribution in [0.25, 0.3) is 0 Å². The molecule has 1 atom stereocenters. The summed E-state index contributed by atoms with van der Waals surface area (Å²) in [4.78, 5) is 14.6. The van der Waals surface area contributed by atoms with Gasteiger partial charge in [0.15, 0.2) is 0 Å². The van der Waals surface area contributed by atoms with E-state index in [-0.39, 0.29) is 5.69 Å². The van der Waals surface area contributed by atoms with Crippen molar-refractivity contribution in [1.29, 1.82) is 0 Å². The van der Waals surface area contributed by atoms with Gasteiger partial charge in [0.05, 0.1) is 23.7 Å². The molecule has 0 radical (unpaired) electrons. The van der Waals surface area contributed by atoms with Gasteiger partial charge in [-0.1, -0.05) is 20.3 Å². The molecule has 19 heavy (non-hydrogen) atoms. The summed E-state index contributed by atoms with van der Waals surface area (Å²) >= 11 is 0. The lowest BCUT2D eigenvalue weighted by atomic mass is 10.1. The summed E-state index contributed by atoms with van der Waals surface area (Å²) in [6.07, 6.45) is 2.16. The molecule has 0 aliphatic heterocycles. The summed E-state index contributed by atoms with van der Waals surface area (Å²) in [5.41, 5.74) is -0.0101. The van der Waals surface area contributed by atoms with Gasteiger partial charge in [0, 0.05) is 6.54 Å². The Balaban J connectivity index is 2.78. The number of nitrogens with one attached hydrogen (secondary N) is 1. The Labute approximate surface area is 113 Å². The fourth-order valence-electron chi connectivity index (χ4n) is 1.75. The van der Waals surface area contributed by atoms with Crippen molar-refractivity contribution in [2.24, 2.45) is 5.92 Å². The molecule has 0 aliphatic carbocycles. The van der Waals surface area contributed by atoms with Crippen molar-refractivity contribution in [3.63, 3.8) is 0 Å². The molecule has 0 amide bonds. The third kappa shape index (κ3) is 5.11. The fraction of sp³-hybridized carbons (Fsp3) is 0.615. The Morgan fingerprint density at radius 1 is 1.47 bits per heavy atom. The summed E-state index contributed by atoms with van der Waals surface area (Å²) in [5, 5.41) is 13.8. The third-order valence-electron chi connectivity index (χ3n) is 2.65. The Hall–Kier alpha value is -1.85. The predicted molar refractivity (Wildman–Crippen MR) is 74.6 cm³/mol. The first-order chi connectivity index (χ1) is 9.06. The van der Waals surface area contributed by atoms with Gasteiger partial charge in [0.25, 0.3) is 5.69 Å². The van der Waals surface area contributed by atoms with Crippen LogP contribution in [0.4, 0.5) is 11.5 Å². The fourth-order valence-corrected chi connectivity index (χ4v) is 1.75. The first-order valence-corrected chi connectivity index (χ1v) is 6.60. The van der Waals surface area contributed by atoms with E-state index in [1.807, 2.05) is 6.92 Å². The Morgan fingerprint density at radius 2 is 2.21 bits per heavy atom. The number of ether oxygens (including phenoxy) is 1. The molecule has 1 rings (SSSR count).